The van der Waals surface area contributed by atoms with Crippen molar-refractivity contribution in [2.24, 2.45) is 0 Å². The molecular formula is C10H11NO4. The molecule has 1 aromatic carbocycles. The van der Waals surface area contributed by atoms with Gasteiger partial charge < -0.3 is 9.47 Å². The Labute approximate surface area is 86.8 Å². The number of nitro groups is 1. The number of nitrogens with zero attached hydrogens (tertiary/aromatic N) is 1. The molecule has 0 N–H and O–H groups in total. The number of rotatable bonds is 5. The van der Waals surface area contributed by atoms with Crippen LogP contribution in [0.15, 0.2) is 24.3 Å². The Morgan fingerprint density at radius 2 is 2.13 bits per heavy atom. The van der Waals surface area contributed by atoms with Crippen LogP contribution in [0.4, 0.5) is 5.69 Å². The highest BCUT2D eigenvalue weighted by Crippen LogP contribution is 2.19. The highest BCUT2D eigenvalue weighted by atomic mass is 16.6. The van der Waals surface area contributed by atoms with E-state index in [1.54, 1.807) is 12.1 Å². The minimum absolute atomic E-state index is 0.0767. The van der Waals surface area contributed by atoms with E-state index in [-0.39, 0.29) is 5.69 Å². The fourth-order valence-electron chi connectivity index (χ4n) is 1.21. The molecule has 1 atom stereocenters. The van der Waals surface area contributed by atoms with E-state index in [2.05, 4.69) is 0 Å². The van der Waals surface area contributed by atoms with Gasteiger partial charge in [0.05, 0.1) is 24.2 Å². The first kappa shape index (κ1) is 9.92. The van der Waals surface area contributed by atoms with Crippen LogP contribution in [0.25, 0.3) is 0 Å². The average molecular weight is 209 g/mol. The number of benzene rings is 1. The van der Waals surface area contributed by atoms with E-state index in [4.69, 9.17) is 9.47 Å². The molecule has 1 aliphatic heterocycles. The van der Waals surface area contributed by atoms with Gasteiger partial charge in [-0.1, -0.05) is 0 Å². The third kappa shape index (κ3) is 2.92. The van der Waals surface area contributed by atoms with Gasteiger partial charge in [0.25, 0.3) is 5.69 Å². The van der Waals surface area contributed by atoms with Gasteiger partial charge in [0.15, 0.2) is 0 Å². The van der Waals surface area contributed by atoms with Crippen molar-refractivity contribution in [3.8, 4) is 5.75 Å². The molecule has 1 fully saturated rings. The van der Waals surface area contributed by atoms with Crippen LogP contribution in [0.1, 0.15) is 6.42 Å². The molecule has 1 unspecified atom stereocenters. The van der Waals surface area contributed by atoms with Crippen LogP contribution >= 0.6 is 0 Å². The standard InChI is InChI=1S/C10H11NO4/c12-11(13)8-1-3-9(4-2-8)14-6-5-10-7-15-10/h1-4,10H,5-7H2. The van der Waals surface area contributed by atoms with E-state index in [0.29, 0.717) is 18.5 Å². The highest BCUT2D eigenvalue weighted by Gasteiger charge is 2.21. The van der Waals surface area contributed by atoms with Crippen molar-refractivity contribution in [2.45, 2.75) is 12.5 Å². The number of ether oxygens (including phenoxy) is 2. The summed E-state index contributed by atoms with van der Waals surface area (Å²) in [5, 5.41) is 10.4. The molecule has 0 bridgehead atoms. The first-order chi connectivity index (χ1) is 7.25. The van der Waals surface area contributed by atoms with Crippen molar-refractivity contribution in [3.05, 3.63) is 34.4 Å². The van der Waals surface area contributed by atoms with Gasteiger partial charge in [0.1, 0.15) is 5.75 Å². The summed E-state index contributed by atoms with van der Waals surface area (Å²) < 4.78 is 10.4. The molecule has 2 rings (SSSR count). The van der Waals surface area contributed by atoms with Crippen molar-refractivity contribution < 1.29 is 14.4 Å². The molecule has 1 saturated heterocycles. The fourth-order valence-corrected chi connectivity index (χ4v) is 1.21. The second-order valence-corrected chi connectivity index (χ2v) is 3.34. The molecule has 0 aromatic heterocycles. The lowest BCUT2D eigenvalue weighted by Gasteiger charge is -2.03. The van der Waals surface area contributed by atoms with Gasteiger partial charge in [-0.2, -0.15) is 0 Å². The predicted octanol–water partition coefficient (Wildman–Crippen LogP) is 1.76. The van der Waals surface area contributed by atoms with Gasteiger partial charge in [-0.25, -0.2) is 0 Å². The van der Waals surface area contributed by atoms with Gasteiger partial charge in [0.2, 0.25) is 0 Å². The summed E-state index contributed by atoms with van der Waals surface area (Å²) in [5.74, 6) is 0.654. The maximum atomic E-state index is 10.4. The molecule has 0 amide bonds. The topological polar surface area (TPSA) is 64.9 Å². The first-order valence-corrected chi connectivity index (χ1v) is 4.74. The lowest BCUT2D eigenvalue weighted by molar-refractivity contribution is -0.384. The Hall–Kier alpha value is -1.62. The molecular weight excluding hydrogens is 198 g/mol. The summed E-state index contributed by atoms with van der Waals surface area (Å²) in [4.78, 5) is 9.94. The molecule has 5 heteroatoms. The normalized spacial score (nSPS) is 18.5. The molecule has 1 aromatic rings. The molecule has 1 aliphatic rings. The van der Waals surface area contributed by atoms with Crippen LogP contribution in [0.2, 0.25) is 0 Å². The molecule has 15 heavy (non-hydrogen) atoms. The van der Waals surface area contributed by atoms with Crippen molar-refractivity contribution in [1.82, 2.24) is 0 Å². The Balaban J connectivity index is 1.83. The van der Waals surface area contributed by atoms with E-state index in [9.17, 15) is 10.1 Å². The second kappa shape index (κ2) is 4.27. The molecule has 0 saturated carbocycles. The second-order valence-electron chi connectivity index (χ2n) is 3.34. The molecule has 80 valence electrons. The summed E-state index contributed by atoms with van der Waals surface area (Å²) in [7, 11) is 0. The van der Waals surface area contributed by atoms with Crippen molar-refractivity contribution in [1.29, 1.82) is 0 Å². The van der Waals surface area contributed by atoms with Gasteiger partial charge >= 0.3 is 0 Å². The molecule has 0 spiro atoms. The predicted molar refractivity (Wildman–Crippen MR) is 52.9 cm³/mol. The maximum absolute atomic E-state index is 10.4. The van der Waals surface area contributed by atoms with Gasteiger partial charge in [-0.15, -0.1) is 0 Å². The van der Waals surface area contributed by atoms with Gasteiger partial charge in [-0.3, -0.25) is 10.1 Å². The van der Waals surface area contributed by atoms with Crippen LogP contribution in [-0.4, -0.2) is 24.2 Å². The molecule has 0 aliphatic carbocycles. The van der Waals surface area contributed by atoms with Crippen molar-refractivity contribution in [3.63, 3.8) is 0 Å². The third-order valence-electron chi connectivity index (χ3n) is 2.16. The molecule has 0 radical (unpaired) electrons. The lowest BCUT2D eigenvalue weighted by Crippen LogP contribution is -2.00. The van der Waals surface area contributed by atoms with E-state index in [1.807, 2.05) is 0 Å². The zero-order valence-electron chi connectivity index (χ0n) is 8.09. The smallest absolute Gasteiger partial charge is 0.269 e. The first-order valence-electron chi connectivity index (χ1n) is 4.74. The van der Waals surface area contributed by atoms with E-state index < -0.39 is 4.92 Å². The van der Waals surface area contributed by atoms with E-state index in [1.165, 1.54) is 12.1 Å². The summed E-state index contributed by atoms with van der Waals surface area (Å²) in [6, 6.07) is 6.07. The zero-order valence-corrected chi connectivity index (χ0v) is 8.09. The Morgan fingerprint density at radius 1 is 1.47 bits per heavy atom. The number of hydrogen-bond acceptors (Lipinski definition) is 4. The number of nitro benzene ring substituents is 1. The van der Waals surface area contributed by atoms with Crippen molar-refractivity contribution >= 4 is 5.69 Å². The Kier molecular flexibility index (Phi) is 2.82. The highest BCUT2D eigenvalue weighted by molar-refractivity contribution is 5.35. The van der Waals surface area contributed by atoms with Gasteiger partial charge in [-0.05, 0) is 12.1 Å². The minimum Gasteiger partial charge on any atom is -0.493 e. The Morgan fingerprint density at radius 3 is 2.67 bits per heavy atom. The van der Waals surface area contributed by atoms with Crippen molar-refractivity contribution in [2.75, 3.05) is 13.2 Å². The maximum Gasteiger partial charge on any atom is 0.269 e. The zero-order chi connectivity index (χ0) is 10.7. The molecule has 1 heterocycles. The Bertz CT molecular complexity index is 345. The lowest BCUT2D eigenvalue weighted by atomic mass is 10.3. The minimum atomic E-state index is -0.429. The summed E-state index contributed by atoms with van der Waals surface area (Å²) in [5.41, 5.74) is 0.0767. The average Bonchev–Trinajstić information content (AvgIpc) is 3.02. The number of non-ortho nitro benzene ring substituents is 1. The third-order valence-corrected chi connectivity index (χ3v) is 2.16. The number of hydrogen-bond donors (Lipinski definition) is 0. The molecule has 5 nitrogen and oxygen atoms in total. The number of epoxide rings is 1. The van der Waals surface area contributed by atoms with E-state index in [0.717, 1.165) is 13.0 Å². The summed E-state index contributed by atoms with van der Waals surface area (Å²) >= 11 is 0. The SMILES string of the molecule is O=[N+]([O-])c1ccc(OCCC2CO2)cc1. The van der Waals surface area contributed by atoms with Crippen LogP contribution in [0, 0.1) is 10.1 Å². The summed E-state index contributed by atoms with van der Waals surface area (Å²) in [6.45, 7) is 1.41. The quantitative estimate of drug-likeness (QED) is 0.421. The largest absolute Gasteiger partial charge is 0.493 e. The van der Waals surface area contributed by atoms with E-state index >= 15 is 0 Å². The van der Waals surface area contributed by atoms with Crippen LogP contribution < -0.4 is 4.74 Å². The summed E-state index contributed by atoms with van der Waals surface area (Å²) in [6.07, 6.45) is 1.22. The fraction of sp³-hybridized carbons (Fsp3) is 0.400. The van der Waals surface area contributed by atoms with Crippen LogP contribution in [-0.2, 0) is 4.74 Å². The monoisotopic (exact) mass is 209 g/mol. The van der Waals surface area contributed by atoms with Gasteiger partial charge in [0, 0.05) is 18.6 Å². The van der Waals surface area contributed by atoms with Crippen LogP contribution in [0.5, 0.6) is 5.75 Å². The van der Waals surface area contributed by atoms with Crippen LogP contribution in [0.3, 0.4) is 0 Å².